The molecule has 1 atom stereocenters. The predicted molar refractivity (Wildman–Crippen MR) is 58.0 cm³/mol. The van der Waals surface area contributed by atoms with Crippen LogP contribution in [0.4, 0.5) is 0 Å². The third-order valence-electron chi connectivity index (χ3n) is 2.47. The summed E-state index contributed by atoms with van der Waals surface area (Å²) >= 11 is 0. The Bertz CT molecular complexity index is 341. The van der Waals surface area contributed by atoms with Crippen LogP contribution in [0.5, 0.6) is 11.5 Å². The van der Waals surface area contributed by atoms with E-state index in [4.69, 9.17) is 20.9 Å². The first-order chi connectivity index (χ1) is 7.31. The minimum absolute atomic E-state index is 0.0224. The molecule has 1 aromatic carbocycles. The maximum atomic E-state index is 5.96. The molecule has 4 nitrogen and oxygen atoms in total. The number of rotatable bonds is 3. The van der Waals surface area contributed by atoms with Gasteiger partial charge in [0.05, 0.1) is 0 Å². The van der Waals surface area contributed by atoms with Crippen molar-refractivity contribution in [2.45, 2.75) is 12.5 Å². The fraction of sp³-hybridized carbons (Fsp3) is 0.455. The highest BCUT2D eigenvalue weighted by Crippen LogP contribution is 2.32. The predicted octanol–water partition coefficient (Wildman–Crippen LogP) is 0.806. The second kappa shape index (κ2) is 4.51. The number of nitrogens with two attached hydrogens (primary N) is 2. The first-order valence-corrected chi connectivity index (χ1v) is 5.16. The van der Waals surface area contributed by atoms with E-state index in [1.807, 2.05) is 18.2 Å². The van der Waals surface area contributed by atoms with Gasteiger partial charge in [0.2, 0.25) is 0 Å². The highest BCUT2D eigenvalue weighted by Gasteiger charge is 2.14. The van der Waals surface area contributed by atoms with Crippen molar-refractivity contribution in [2.24, 2.45) is 11.5 Å². The summed E-state index contributed by atoms with van der Waals surface area (Å²) < 4.78 is 10.9. The molecule has 0 unspecified atom stereocenters. The molecule has 0 amide bonds. The number of fused-ring (bicyclic) bond motifs is 1. The summed E-state index contributed by atoms with van der Waals surface area (Å²) in [6.07, 6.45) is 0.777. The van der Waals surface area contributed by atoms with Gasteiger partial charge in [-0.3, -0.25) is 0 Å². The SMILES string of the molecule is NCC[C@@H](N)c1ccc2c(c1)OCCO2. The summed E-state index contributed by atoms with van der Waals surface area (Å²) in [6.45, 7) is 1.80. The molecule has 0 saturated heterocycles. The normalized spacial score (nSPS) is 16.1. The van der Waals surface area contributed by atoms with E-state index < -0.39 is 0 Å². The van der Waals surface area contributed by atoms with E-state index in [9.17, 15) is 0 Å². The van der Waals surface area contributed by atoms with Crippen LogP contribution in [0.1, 0.15) is 18.0 Å². The molecule has 4 heteroatoms. The van der Waals surface area contributed by atoms with E-state index in [-0.39, 0.29) is 6.04 Å². The van der Waals surface area contributed by atoms with Gasteiger partial charge in [0, 0.05) is 6.04 Å². The Morgan fingerprint density at radius 1 is 1.20 bits per heavy atom. The lowest BCUT2D eigenvalue weighted by molar-refractivity contribution is 0.171. The average Bonchev–Trinajstić information content (AvgIpc) is 2.29. The van der Waals surface area contributed by atoms with Gasteiger partial charge in [0.15, 0.2) is 11.5 Å². The van der Waals surface area contributed by atoms with E-state index in [2.05, 4.69) is 0 Å². The molecule has 0 radical (unpaired) electrons. The Kier molecular flexibility index (Phi) is 3.08. The first kappa shape index (κ1) is 10.3. The van der Waals surface area contributed by atoms with Crippen LogP contribution in [-0.4, -0.2) is 19.8 Å². The largest absolute Gasteiger partial charge is 0.486 e. The van der Waals surface area contributed by atoms with Crippen molar-refractivity contribution in [2.75, 3.05) is 19.8 Å². The molecular weight excluding hydrogens is 192 g/mol. The Hall–Kier alpha value is -1.26. The lowest BCUT2D eigenvalue weighted by Crippen LogP contribution is -2.18. The molecule has 15 heavy (non-hydrogen) atoms. The maximum absolute atomic E-state index is 5.96. The lowest BCUT2D eigenvalue weighted by Gasteiger charge is -2.20. The quantitative estimate of drug-likeness (QED) is 0.771. The molecule has 1 aliphatic heterocycles. The zero-order chi connectivity index (χ0) is 10.7. The van der Waals surface area contributed by atoms with Gasteiger partial charge in [-0.05, 0) is 30.7 Å². The van der Waals surface area contributed by atoms with Crippen LogP contribution in [0.25, 0.3) is 0 Å². The number of hydrogen-bond acceptors (Lipinski definition) is 4. The highest BCUT2D eigenvalue weighted by molar-refractivity contribution is 5.44. The number of ether oxygens (including phenoxy) is 2. The van der Waals surface area contributed by atoms with Crippen LogP contribution < -0.4 is 20.9 Å². The Morgan fingerprint density at radius 2 is 1.93 bits per heavy atom. The summed E-state index contributed by atoms with van der Waals surface area (Å²) in [4.78, 5) is 0. The Morgan fingerprint density at radius 3 is 2.67 bits per heavy atom. The summed E-state index contributed by atoms with van der Waals surface area (Å²) in [7, 11) is 0. The van der Waals surface area contributed by atoms with E-state index in [1.54, 1.807) is 0 Å². The topological polar surface area (TPSA) is 70.5 Å². The van der Waals surface area contributed by atoms with Gasteiger partial charge in [-0.15, -0.1) is 0 Å². The average molecular weight is 208 g/mol. The molecule has 0 fully saturated rings. The lowest BCUT2D eigenvalue weighted by atomic mass is 10.0. The molecule has 1 aromatic rings. The molecule has 1 heterocycles. The van der Waals surface area contributed by atoms with Crippen LogP contribution in [0, 0.1) is 0 Å². The monoisotopic (exact) mass is 208 g/mol. The van der Waals surface area contributed by atoms with E-state index in [0.29, 0.717) is 19.8 Å². The van der Waals surface area contributed by atoms with Gasteiger partial charge < -0.3 is 20.9 Å². The first-order valence-electron chi connectivity index (χ1n) is 5.16. The molecule has 0 aliphatic carbocycles. The van der Waals surface area contributed by atoms with Crippen molar-refractivity contribution in [1.29, 1.82) is 0 Å². The molecule has 0 bridgehead atoms. The highest BCUT2D eigenvalue weighted by atomic mass is 16.6. The van der Waals surface area contributed by atoms with E-state index >= 15 is 0 Å². The van der Waals surface area contributed by atoms with Crippen LogP contribution in [-0.2, 0) is 0 Å². The van der Waals surface area contributed by atoms with Crippen LogP contribution in [0.15, 0.2) is 18.2 Å². The fourth-order valence-electron chi connectivity index (χ4n) is 1.64. The van der Waals surface area contributed by atoms with Gasteiger partial charge in [0.25, 0.3) is 0 Å². The maximum Gasteiger partial charge on any atom is 0.161 e. The van der Waals surface area contributed by atoms with Gasteiger partial charge in [-0.2, -0.15) is 0 Å². The standard InChI is InChI=1S/C11H16N2O2/c12-4-3-9(13)8-1-2-10-11(7-8)15-6-5-14-10/h1-2,7,9H,3-6,12-13H2/t9-/m1/s1. The Balaban J connectivity index is 2.20. The van der Waals surface area contributed by atoms with Crippen molar-refractivity contribution >= 4 is 0 Å². The molecule has 0 saturated carbocycles. The number of benzene rings is 1. The van der Waals surface area contributed by atoms with Crippen LogP contribution in [0.2, 0.25) is 0 Å². The molecule has 82 valence electrons. The number of hydrogen-bond donors (Lipinski definition) is 2. The van der Waals surface area contributed by atoms with Crippen molar-refractivity contribution in [3.63, 3.8) is 0 Å². The molecule has 0 aromatic heterocycles. The van der Waals surface area contributed by atoms with Crippen molar-refractivity contribution in [3.05, 3.63) is 23.8 Å². The third kappa shape index (κ3) is 2.22. The van der Waals surface area contributed by atoms with Crippen molar-refractivity contribution in [3.8, 4) is 11.5 Å². The fourth-order valence-corrected chi connectivity index (χ4v) is 1.64. The van der Waals surface area contributed by atoms with Gasteiger partial charge in [-0.1, -0.05) is 6.07 Å². The van der Waals surface area contributed by atoms with Crippen molar-refractivity contribution in [1.82, 2.24) is 0 Å². The third-order valence-corrected chi connectivity index (χ3v) is 2.47. The molecular formula is C11H16N2O2. The van der Waals surface area contributed by atoms with E-state index in [0.717, 1.165) is 23.5 Å². The van der Waals surface area contributed by atoms with Crippen LogP contribution in [0.3, 0.4) is 0 Å². The van der Waals surface area contributed by atoms with Gasteiger partial charge in [-0.25, -0.2) is 0 Å². The van der Waals surface area contributed by atoms with Gasteiger partial charge >= 0.3 is 0 Å². The van der Waals surface area contributed by atoms with Gasteiger partial charge in [0.1, 0.15) is 13.2 Å². The van der Waals surface area contributed by atoms with Crippen molar-refractivity contribution < 1.29 is 9.47 Å². The molecule has 1 aliphatic rings. The Labute approximate surface area is 89.2 Å². The molecule has 4 N–H and O–H groups in total. The molecule has 2 rings (SSSR count). The summed E-state index contributed by atoms with van der Waals surface area (Å²) in [5, 5.41) is 0. The second-order valence-electron chi connectivity index (χ2n) is 3.59. The summed E-state index contributed by atoms with van der Waals surface area (Å²) in [5.74, 6) is 1.58. The molecule has 0 spiro atoms. The zero-order valence-electron chi connectivity index (χ0n) is 8.61. The smallest absolute Gasteiger partial charge is 0.161 e. The summed E-state index contributed by atoms with van der Waals surface area (Å²) in [6, 6.07) is 5.79. The minimum atomic E-state index is -0.0224. The van der Waals surface area contributed by atoms with E-state index in [1.165, 1.54) is 0 Å². The minimum Gasteiger partial charge on any atom is -0.486 e. The second-order valence-corrected chi connectivity index (χ2v) is 3.59. The van der Waals surface area contributed by atoms with Crippen LogP contribution >= 0.6 is 0 Å². The summed E-state index contributed by atoms with van der Waals surface area (Å²) in [5.41, 5.74) is 12.5. The zero-order valence-corrected chi connectivity index (χ0v) is 8.61.